The highest BCUT2D eigenvalue weighted by Gasteiger charge is 2.15. The number of aliphatic hydroxyl groups excluding tert-OH is 1. The summed E-state index contributed by atoms with van der Waals surface area (Å²) in [5, 5.41) is 16.5. The third-order valence-electron chi connectivity index (χ3n) is 5.44. The monoisotopic (exact) mass is 446 g/mol. The topological polar surface area (TPSA) is 125 Å². The molecule has 4 N–H and O–H groups in total. The molecule has 2 amide bonds. The number of anilines is 1. The van der Waals surface area contributed by atoms with Crippen molar-refractivity contribution >= 4 is 28.4 Å². The van der Waals surface area contributed by atoms with E-state index in [4.69, 9.17) is 0 Å². The third kappa shape index (κ3) is 5.83. The number of aryl methyl sites for hydroxylation is 2. The van der Waals surface area contributed by atoms with E-state index in [2.05, 4.69) is 25.6 Å². The molecule has 1 aromatic carbocycles. The molecule has 0 bridgehead atoms. The minimum atomic E-state index is -0.395. The molecule has 0 spiro atoms. The first kappa shape index (κ1) is 22.2. The Morgan fingerprint density at radius 1 is 1.15 bits per heavy atom. The van der Waals surface area contributed by atoms with Crippen LogP contribution in [0.15, 0.2) is 67.5 Å². The second-order valence-electron chi connectivity index (χ2n) is 7.80. The van der Waals surface area contributed by atoms with Crippen molar-refractivity contribution in [2.75, 3.05) is 11.9 Å². The standard InChI is InChI=1S/C24H26N6O3/c31-15-20(29-24(33)21-14-26-16-27-21)8-11-30-10-7-18-4-5-19(12-22(18)30)28-23(32)6-3-17-2-1-9-25-13-17/h1-2,4-5,7,9-10,12-14,16,20,31H,3,6,8,11,15H2,(H,26,27)(H,28,32)(H,29,33)/t20-/m1/s1. The number of rotatable bonds is 10. The number of hydrogen-bond donors (Lipinski definition) is 4. The number of pyridine rings is 1. The fourth-order valence-electron chi connectivity index (χ4n) is 3.63. The maximum atomic E-state index is 12.4. The summed E-state index contributed by atoms with van der Waals surface area (Å²) >= 11 is 0. The number of carbonyl (C=O) groups is 2. The average molecular weight is 447 g/mol. The quantitative estimate of drug-likeness (QED) is 0.298. The van der Waals surface area contributed by atoms with Crippen molar-refractivity contribution < 1.29 is 14.7 Å². The lowest BCUT2D eigenvalue weighted by Crippen LogP contribution is -2.38. The maximum Gasteiger partial charge on any atom is 0.269 e. The highest BCUT2D eigenvalue weighted by atomic mass is 16.3. The Kier molecular flexibility index (Phi) is 7.11. The third-order valence-corrected chi connectivity index (χ3v) is 5.44. The van der Waals surface area contributed by atoms with Gasteiger partial charge in [0, 0.05) is 37.2 Å². The molecule has 0 unspecified atom stereocenters. The Morgan fingerprint density at radius 2 is 2.06 bits per heavy atom. The van der Waals surface area contributed by atoms with Crippen LogP contribution in [0.4, 0.5) is 5.69 Å². The molecule has 0 fully saturated rings. The van der Waals surface area contributed by atoms with Gasteiger partial charge in [0.05, 0.1) is 30.7 Å². The molecule has 0 aliphatic rings. The molecule has 33 heavy (non-hydrogen) atoms. The van der Waals surface area contributed by atoms with Crippen molar-refractivity contribution in [3.05, 3.63) is 78.8 Å². The SMILES string of the molecule is O=C(CCc1cccnc1)Nc1ccc2ccn(CC[C@H](CO)NC(=O)c3cnc[nH]3)c2c1. The number of nitrogens with zero attached hydrogens (tertiary/aromatic N) is 3. The molecule has 170 valence electrons. The van der Waals surface area contributed by atoms with E-state index in [9.17, 15) is 14.7 Å². The van der Waals surface area contributed by atoms with Crippen LogP contribution in [-0.2, 0) is 17.8 Å². The van der Waals surface area contributed by atoms with Crippen molar-refractivity contribution in [2.45, 2.75) is 31.8 Å². The van der Waals surface area contributed by atoms with E-state index in [1.165, 1.54) is 12.5 Å². The number of amides is 2. The Hall–Kier alpha value is -3.98. The molecule has 0 aliphatic heterocycles. The molecule has 9 heteroatoms. The van der Waals surface area contributed by atoms with Crippen LogP contribution < -0.4 is 10.6 Å². The van der Waals surface area contributed by atoms with Crippen LogP contribution in [0.1, 0.15) is 28.9 Å². The Balaban J connectivity index is 1.36. The number of carbonyl (C=O) groups excluding carboxylic acids is 2. The number of aromatic amines is 1. The van der Waals surface area contributed by atoms with Crippen molar-refractivity contribution in [2.24, 2.45) is 0 Å². The van der Waals surface area contributed by atoms with Crippen molar-refractivity contribution in [1.29, 1.82) is 0 Å². The van der Waals surface area contributed by atoms with E-state index in [-0.39, 0.29) is 18.4 Å². The van der Waals surface area contributed by atoms with E-state index in [1.54, 1.807) is 12.4 Å². The molecule has 4 rings (SSSR count). The summed E-state index contributed by atoms with van der Waals surface area (Å²) in [6, 6.07) is 11.2. The van der Waals surface area contributed by atoms with Crippen LogP contribution in [0, 0.1) is 0 Å². The highest BCUT2D eigenvalue weighted by molar-refractivity contribution is 5.94. The van der Waals surface area contributed by atoms with Gasteiger partial charge in [-0.15, -0.1) is 0 Å². The molecule has 0 saturated heterocycles. The van der Waals surface area contributed by atoms with Crippen molar-refractivity contribution in [3.8, 4) is 0 Å². The van der Waals surface area contributed by atoms with Gasteiger partial charge in [0.15, 0.2) is 0 Å². The summed E-state index contributed by atoms with van der Waals surface area (Å²) in [4.78, 5) is 35.2. The minimum Gasteiger partial charge on any atom is -0.394 e. The van der Waals surface area contributed by atoms with Crippen LogP contribution in [0.5, 0.6) is 0 Å². The fraction of sp³-hybridized carbons (Fsp3) is 0.250. The smallest absolute Gasteiger partial charge is 0.269 e. The predicted octanol–water partition coefficient (Wildman–Crippen LogP) is 2.51. The molecule has 1 atom stereocenters. The number of imidazole rings is 1. The zero-order valence-electron chi connectivity index (χ0n) is 18.1. The van der Waals surface area contributed by atoms with Gasteiger partial charge in [-0.1, -0.05) is 12.1 Å². The number of H-pyrrole nitrogens is 1. The summed E-state index contributed by atoms with van der Waals surface area (Å²) in [5.41, 5.74) is 3.07. The van der Waals surface area contributed by atoms with E-state index in [0.717, 1.165) is 22.2 Å². The van der Waals surface area contributed by atoms with Gasteiger partial charge in [-0.3, -0.25) is 14.6 Å². The minimum absolute atomic E-state index is 0.0572. The number of fused-ring (bicyclic) bond motifs is 1. The van der Waals surface area contributed by atoms with Gasteiger partial charge in [0.1, 0.15) is 5.69 Å². The van der Waals surface area contributed by atoms with E-state index in [0.29, 0.717) is 31.5 Å². The van der Waals surface area contributed by atoms with Gasteiger partial charge in [-0.05, 0) is 48.1 Å². The number of benzene rings is 1. The zero-order chi connectivity index (χ0) is 23.0. The van der Waals surface area contributed by atoms with Gasteiger partial charge >= 0.3 is 0 Å². The Morgan fingerprint density at radius 3 is 2.82 bits per heavy atom. The molecule has 4 aromatic rings. The zero-order valence-corrected chi connectivity index (χ0v) is 18.1. The summed E-state index contributed by atoms with van der Waals surface area (Å²) in [7, 11) is 0. The molecule has 3 heterocycles. The lowest BCUT2D eigenvalue weighted by molar-refractivity contribution is -0.116. The van der Waals surface area contributed by atoms with Gasteiger partial charge in [-0.2, -0.15) is 0 Å². The van der Waals surface area contributed by atoms with Gasteiger partial charge in [0.2, 0.25) is 5.91 Å². The van der Waals surface area contributed by atoms with Crippen LogP contribution in [-0.4, -0.2) is 49.1 Å². The van der Waals surface area contributed by atoms with Crippen LogP contribution >= 0.6 is 0 Å². The summed E-state index contributed by atoms with van der Waals surface area (Å²) in [6.07, 6.45) is 9.86. The lowest BCUT2D eigenvalue weighted by Gasteiger charge is -2.16. The molecular formula is C24H26N6O3. The van der Waals surface area contributed by atoms with Crippen LogP contribution in [0.25, 0.3) is 10.9 Å². The molecule has 0 aliphatic carbocycles. The number of hydrogen-bond acceptors (Lipinski definition) is 5. The molecule has 0 radical (unpaired) electrons. The number of aromatic nitrogens is 4. The maximum absolute atomic E-state index is 12.4. The summed E-state index contributed by atoms with van der Waals surface area (Å²) in [6.45, 7) is 0.424. The number of aliphatic hydroxyl groups is 1. The van der Waals surface area contributed by atoms with Gasteiger partial charge in [0.25, 0.3) is 5.91 Å². The lowest BCUT2D eigenvalue weighted by atomic mass is 10.1. The average Bonchev–Trinajstić information content (AvgIpc) is 3.51. The second kappa shape index (κ2) is 10.6. The fourth-order valence-corrected chi connectivity index (χ4v) is 3.63. The Bertz CT molecular complexity index is 1200. The van der Waals surface area contributed by atoms with Crippen molar-refractivity contribution in [3.63, 3.8) is 0 Å². The normalized spacial score (nSPS) is 11.9. The van der Waals surface area contributed by atoms with Crippen molar-refractivity contribution in [1.82, 2.24) is 24.8 Å². The first-order chi connectivity index (χ1) is 16.1. The van der Waals surface area contributed by atoms with Gasteiger partial charge < -0.3 is 25.3 Å². The first-order valence-electron chi connectivity index (χ1n) is 10.8. The van der Waals surface area contributed by atoms with E-state index in [1.807, 2.05) is 47.2 Å². The van der Waals surface area contributed by atoms with Gasteiger partial charge in [-0.25, -0.2) is 4.98 Å². The summed E-state index contributed by atoms with van der Waals surface area (Å²) < 4.78 is 2.05. The van der Waals surface area contributed by atoms with Crippen LogP contribution in [0.3, 0.4) is 0 Å². The van der Waals surface area contributed by atoms with E-state index >= 15 is 0 Å². The molecule has 0 saturated carbocycles. The highest BCUT2D eigenvalue weighted by Crippen LogP contribution is 2.21. The Labute approximate surface area is 190 Å². The first-order valence-corrected chi connectivity index (χ1v) is 10.8. The summed E-state index contributed by atoms with van der Waals surface area (Å²) in [5.74, 6) is -0.363. The predicted molar refractivity (Wildman–Crippen MR) is 125 cm³/mol. The largest absolute Gasteiger partial charge is 0.394 e. The number of nitrogens with one attached hydrogen (secondary N) is 3. The molecule has 3 aromatic heterocycles. The van der Waals surface area contributed by atoms with E-state index < -0.39 is 6.04 Å². The second-order valence-corrected chi connectivity index (χ2v) is 7.80. The molecular weight excluding hydrogens is 420 g/mol. The molecule has 9 nitrogen and oxygen atoms in total. The van der Waals surface area contributed by atoms with Crippen LogP contribution in [0.2, 0.25) is 0 Å².